The van der Waals surface area contributed by atoms with Crippen molar-refractivity contribution in [1.29, 1.82) is 0 Å². The largest absolute Gasteiger partial charge is 0.248 e. The molecule has 0 spiro atoms. The Morgan fingerprint density at radius 2 is 2.00 bits per heavy atom. The lowest BCUT2D eigenvalue weighted by Gasteiger charge is -2.01. The van der Waals surface area contributed by atoms with Crippen LogP contribution in [0.2, 0.25) is 0 Å². The van der Waals surface area contributed by atoms with Crippen molar-refractivity contribution in [2.75, 3.05) is 0 Å². The normalized spacial score (nSPS) is 18.0. The maximum Gasteiger partial charge on any atom is 0.165 e. The van der Waals surface area contributed by atoms with Gasteiger partial charge >= 0.3 is 0 Å². The van der Waals surface area contributed by atoms with Gasteiger partial charge in [0.1, 0.15) is 12.3 Å². The van der Waals surface area contributed by atoms with Crippen LogP contribution >= 0.6 is 0 Å². The van der Waals surface area contributed by atoms with Gasteiger partial charge in [-0.05, 0) is 6.92 Å². The maximum atomic E-state index is 11.7. The van der Waals surface area contributed by atoms with Gasteiger partial charge in [0.05, 0.1) is 0 Å². The van der Waals surface area contributed by atoms with E-state index in [0.717, 1.165) is 0 Å². The van der Waals surface area contributed by atoms with Crippen molar-refractivity contribution in [3.8, 4) is 0 Å². The molecular weight excluding hydrogens is 117 g/mol. The van der Waals surface area contributed by atoms with Crippen molar-refractivity contribution in [3.63, 3.8) is 0 Å². The summed E-state index contributed by atoms with van der Waals surface area (Å²) in [6.07, 6.45) is -3.39. The van der Waals surface area contributed by atoms with Crippen LogP contribution in [-0.2, 0) is 0 Å². The molecule has 0 bridgehead atoms. The minimum Gasteiger partial charge on any atom is -0.248 e. The van der Waals surface area contributed by atoms with Gasteiger partial charge in [-0.15, -0.1) is 0 Å². The fourth-order valence-corrected chi connectivity index (χ4v) is 0.362. The van der Waals surface area contributed by atoms with Crippen molar-refractivity contribution in [3.05, 3.63) is 6.67 Å². The van der Waals surface area contributed by atoms with E-state index in [4.69, 9.17) is 0 Å². The third kappa shape index (κ3) is 3.96. The molecule has 0 aromatic carbocycles. The number of rotatable bonds is 3. The smallest absolute Gasteiger partial charge is 0.165 e. The van der Waals surface area contributed by atoms with Crippen LogP contribution in [0.1, 0.15) is 13.3 Å². The van der Waals surface area contributed by atoms with Crippen molar-refractivity contribution < 1.29 is 13.2 Å². The van der Waals surface area contributed by atoms with Gasteiger partial charge in [-0.3, -0.25) is 0 Å². The molecule has 0 saturated carbocycles. The van der Waals surface area contributed by atoms with Crippen LogP contribution in [0, 0.1) is 6.67 Å². The molecule has 8 heavy (non-hydrogen) atoms. The summed E-state index contributed by atoms with van der Waals surface area (Å²) in [6.45, 7) is 1.05. The average molecular weight is 125 g/mol. The van der Waals surface area contributed by atoms with E-state index in [2.05, 4.69) is 0 Å². The molecule has 49 valence electrons. The van der Waals surface area contributed by atoms with Crippen LogP contribution in [0.5, 0.6) is 0 Å². The first kappa shape index (κ1) is 7.79. The lowest BCUT2D eigenvalue weighted by Crippen LogP contribution is -2.05. The summed E-state index contributed by atoms with van der Waals surface area (Å²) in [5.74, 6) is 0. The number of halogens is 3. The second-order valence-electron chi connectivity index (χ2n) is 1.66. The molecule has 0 saturated heterocycles. The summed E-state index contributed by atoms with van der Waals surface area (Å²) < 4.78 is 34.5. The summed E-state index contributed by atoms with van der Waals surface area (Å²) in [4.78, 5) is 0. The maximum absolute atomic E-state index is 11.7. The molecule has 0 aromatic heterocycles. The molecule has 2 unspecified atom stereocenters. The molecule has 0 heterocycles. The first-order valence-corrected chi connectivity index (χ1v) is 2.38. The Morgan fingerprint density at radius 1 is 1.50 bits per heavy atom. The summed E-state index contributed by atoms with van der Waals surface area (Å²) in [7, 11) is 0. The highest BCUT2D eigenvalue weighted by Gasteiger charge is 2.10. The van der Waals surface area contributed by atoms with Crippen LogP contribution in [-0.4, -0.2) is 12.3 Å². The van der Waals surface area contributed by atoms with Gasteiger partial charge in [-0.2, -0.15) is 0 Å². The van der Waals surface area contributed by atoms with Gasteiger partial charge in [0.15, 0.2) is 6.67 Å². The van der Waals surface area contributed by atoms with Crippen LogP contribution in [0.3, 0.4) is 0 Å². The topological polar surface area (TPSA) is 0 Å². The van der Waals surface area contributed by atoms with Crippen molar-refractivity contribution in [1.82, 2.24) is 0 Å². The Labute approximate surface area is 46.7 Å². The highest BCUT2D eigenvalue weighted by Crippen LogP contribution is 2.07. The third-order valence-electron chi connectivity index (χ3n) is 0.687. The second kappa shape index (κ2) is 3.75. The van der Waals surface area contributed by atoms with Gasteiger partial charge in [-0.25, -0.2) is 13.2 Å². The van der Waals surface area contributed by atoms with E-state index < -0.39 is 12.3 Å². The van der Waals surface area contributed by atoms with Crippen molar-refractivity contribution in [2.45, 2.75) is 25.7 Å². The Balaban J connectivity index is 3.10. The molecule has 0 N–H and O–H groups in total. The molecule has 0 aliphatic carbocycles. The Morgan fingerprint density at radius 3 is 2.12 bits per heavy atom. The molecule has 0 aromatic rings. The molecule has 0 amide bonds. The Hall–Kier alpha value is -0.210. The summed E-state index contributed by atoms with van der Waals surface area (Å²) in [6, 6.07) is 0. The van der Waals surface area contributed by atoms with E-state index in [0.29, 0.717) is 0 Å². The Kier molecular flexibility index (Phi) is 3.65. The second-order valence-corrected chi connectivity index (χ2v) is 1.66. The molecule has 0 aliphatic heterocycles. The van der Waals surface area contributed by atoms with Gasteiger partial charge in [0.25, 0.3) is 0 Å². The van der Waals surface area contributed by atoms with Gasteiger partial charge in [-0.1, -0.05) is 0 Å². The number of alkyl halides is 2. The SMILES string of the molecule is CC(F)CC(F)[CH]F. The first-order chi connectivity index (χ1) is 3.66. The molecule has 1 radical (unpaired) electrons. The van der Waals surface area contributed by atoms with E-state index >= 15 is 0 Å². The van der Waals surface area contributed by atoms with Crippen LogP contribution in [0.15, 0.2) is 0 Å². The van der Waals surface area contributed by atoms with Crippen LogP contribution < -0.4 is 0 Å². The average Bonchev–Trinajstić information content (AvgIpc) is 1.65. The predicted octanol–water partition coefficient (Wildman–Crippen LogP) is 2.20. The quantitative estimate of drug-likeness (QED) is 0.542. The molecule has 0 aliphatic rings. The van der Waals surface area contributed by atoms with Crippen molar-refractivity contribution in [2.24, 2.45) is 0 Å². The van der Waals surface area contributed by atoms with E-state index in [9.17, 15) is 13.2 Å². The molecule has 0 fully saturated rings. The zero-order chi connectivity index (χ0) is 6.57. The van der Waals surface area contributed by atoms with E-state index in [1.54, 1.807) is 0 Å². The standard InChI is InChI=1S/C5H8F3/c1-4(7)2-5(8)3-6/h3-5H,2H2,1H3. The molecule has 0 nitrogen and oxygen atoms in total. The summed E-state index contributed by atoms with van der Waals surface area (Å²) >= 11 is 0. The lowest BCUT2D eigenvalue weighted by molar-refractivity contribution is 0.229. The molecule has 2 atom stereocenters. The fraction of sp³-hybridized carbons (Fsp3) is 0.800. The molecule has 0 rings (SSSR count). The van der Waals surface area contributed by atoms with Gasteiger partial charge in [0.2, 0.25) is 0 Å². The monoisotopic (exact) mass is 125 g/mol. The minimum atomic E-state index is -1.74. The fourth-order valence-electron chi connectivity index (χ4n) is 0.362. The van der Waals surface area contributed by atoms with Gasteiger partial charge in [0, 0.05) is 6.42 Å². The van der Waals surface area contributed by atoms with E-state index in [-0.39, 0.29) is 13.1 Å². The summed E-state index contributed by atoms with van der Waals surface area (Å²) in [5.41, 5.74) is 0. The third-order valence-corrected chi connectivity index (χ3v) is 0.687. The highest BCUT2D eigenvalue weighted by atomic mass is 19.2. The molecule has 3 heteroatoms. The highest BCUT2D eigenvalue weighted by molar-refractivity contribution is 4.66. The zero-order valence-corrected chi connectivity index (χ0v) is 4.57. The van der Waals surface area contributed by atoms with Crippen LogP contribution in [0.25, 0.3) is 0 Å². The first-order valence-electron chi connectivity index (χ1n) is 2.38. The van der Waals surface area contributed by atoms with Crippen molar-refractivity contribution >= 4 is 0 Å². The zero-order valence-electron chi connectivity index (χ0n) is 4.57. The number of hydrogen-bond donors (Lipinski definition) is 0. The minimum absolute atomic E-state index is 0.143. The summed E-state index contributed by atoms with van der Waals surface area (Å²) in [5, 5.41) is 0. The molecular formula is C5H8F3. The predicted molar refractivity (Wildman–Crippen MR) is 25.5 cm³/mol. The van der Waals surface area contributed by atoms with E-state index in [1.165, 1.54) is 6.92 Å². The van der Waals surface area contributed by atoms with Gasteiger partial charge < -0.3 is 0 Å². The number of hydrogen-bond acceptors (Lipinski definition) is 0. The van der Waals surface area contributed by atoms with Crippen LogP contribution in [0.4, 0.5) is 13.2 Å². The van der Waals surface area contributed by atoms with E-state index in [1.807, 2.05) is 0 Å². The Bertz CT molecular complexity index is 53.6. The lowest BCUT2D eigenvalue weighted by atomic mass is 10.2.